The van der Waals surface area contributed by atoms with Crippen molar-refractivity contribution in [3.05, 3.63) is 22.3 Å². The van der Waals surface area contributed by atoms with E-state index in [1.807, 2.05) is 13.0 Å². The van der Waals surface area contributed by atoms with Crippen molar-refractivity contribution in [3.8, 4) is 0 Å². The van der Waals surface area contributed by atoms with Crippen LogP contribution in [0, 0.1) is 6.92 Å². The molecule has 92 valence electrons. The predicted octanol–water partition coefficient (Wildman–Crippen LogP) is 2.36. The van der Waals surface area contributed by atoms with Crippen LogP contribution in [-0.2, 0) is 4.79 Å². The summed E-state index contributed by atoms with van der Waals surface area (Å²) in [5.41, 5.74) is 6.59. The molecule has 1 amide bonds. The van der Waals surface area contributed by atoms with Gasteiger partial charge >= 0.3 is 0 Å². The number of halogens is 1. The first kappa shape index (κ1) is 12.5. The van der Waals surface area contributed by atoms with E-state index < -0.39 is 0 Å². The van der Waals surface area contributed by atoms with Gasteiger partial charge in [0, 0.05) is 16.4 Å². The predicted molar refractivity (Wildman–Crippen MR) is 70.7 cm³/mol. The Bertz CT molecular complexity index is 443. The number of aromatic nitrogens is 1. The van der Waals surface area contributed by atoms with Gasteiger partial charge in [-0.25, -0.2) is 4.98 Å². The Labute approximate surface area is 109 Å². The Morgan fingerprint density at radius 3 is 2.82 bits per heavy atom. The summed E-state index contributed by atoms with van der Waals surface area (Å²) in [6.07, 6.45) is 3.38. The van der Waals surface area contributed by atoms with E-state index in [-0.39, 0.29) is 11.4 Å². The van der Waals surface area contributed by atoms with Gasteiger partial charge in [0.1, 0.15) is 5.82 Å². The lowest BCUT2D eigenvalue weighted by Gasteiger charge is -2.37. The summed E-state index contributed by atoms with van der Waals surface area (Å²) in [7, 11) is 0. The fourth-order valence-corrected chi connectivity index (χ4v) is 2.15. The lowest BCUT2D eigenvalue weighted by Crippen LogP contribution is -2.48. The molecule has 0 unspecified atom stereocenters. The molecule has 1 saturated carbocycles. The van der Waals surface area contributed by atoms with Gasteiger partial charge in [0.05, 0.1) is 5.69 Å². The van der Waals surface area contributed by atoms with Crippen molar-refractivity contribution in [1.29, 1.82) is 0 Å². The van der Waals surface area contributed by atoms with Gasteiger partial charge in [-0.3, -0.25) is 4.79 Å². The Morgan fingerprint density at radius 1 is 1.59 bits per heavy atom. The first-order chi connectivity index (χ1) is 7.98. The maximum absolute atomic E-state index is 11.8. The summed E-state index contributed by atoms with van der Waals surface area (Å²) in [6, 6.07) is 3.65. The quantitative estimate of drug-likeness (QED) is 0.900. The van der Waals surface area contributed by atoms with Crippen LogP contribution < -0.4 is 11.1 Å². The van der Waals surface area contributed by atoms with Gasteiger partial charge in [0.25, 0.3) is 0 Å². The molecule has 0 aromatic carbocycles. The Balaban J connectivity index is 1.95. The number of nitrogens with zero attached hydrogens (tertiary/aromatic N) is 1. The number of rotatable bonds is 3. The minimum atomic E-state index is -0.283. The van der Waals surface area contributed by atoms with Crippen molar-refractivity contribution in [2.45, 2.75) is 38.1 Å². The van der Waals surface area contributed by atoms with Gasteiger partial charge in [0.2, 0.25) is 5.91 Å². The van der Waals surface area contributed by atoms with Crippen molar-refractivity contribution in [2.75, 3.05) is 5.32 Å². The van der Waals surface area contributed by atoms with Crippen LogP contribution in [0.4, 0.5) is 5.82 Å². The number of aryl methyl sites for hydroxylation is 1. The number of nitrogens with two attached hydrogens (primary N) is 1. The number of carbonyl (C=O) groups excluding carboxylic acids is 1. The van der Waals surface area contributed by atoms with Crippen molar-refractivity contribution < 1.29 is 4.79 Å². The Kier molecular flexibility index (Phi) is 3.49. The highest BCUT2D eigenvalue weighted by atomic mass is 79.9. The maximum atomic E-state index is 11.8. The minimum absolute atomic E-state index is 0.0542. The van der Waals surface area contributed by atoms with Crippen molar-refractivity contribution in [2.24, 2.45) is 5.73 Å². The lowest BCUT2D eigenvalue weighted by atomic mass is 9.75. The van der Waals surface area contributed by atoms with Gasteiger partial charge < -0.3 is 11.1 Å². The Hall–Kier alpha value is -0.940. The van der Waals surface area contributed by atoms with Crippen LogP contribution in [0.5, 0.6) is 0 Å². The van der Waals surface area contributed by atoms with E-state index in [0.717, 1.165) is 29.4 Å². The van der Waals surface area contributed by atoms with E-state index in [4.69, 9.17) is 5.73 Å². The molecule has 1 heterocycles. The summed E-state index contributed by atoms with van der Waals surface area (Å²) in [4.78, 5) is 16.0. The zero-order valence-electron chi connectivity index (χ0n) is 9.79. The van der Waals surface area contributed by atoms with E-state index in [9.17, 15) is 4.79 Å². The molecule has 0 spiro atoms. The van der Waals surface area contributed by atoms with E-state index in [0.29, 0.717) is 12.2 Å². The van der Waals surface area contributed by atoms with E-state index >= 15 is 0 Å². The maximum Gasteiger partial charge on any atom is 0.227 e. The van der Waals surface area contributed by atoms with Crippen molar-refractivity contribution >= 4 is 27.7 Å². The fourth-order valence-electron chi connectivity index (χ4n) is 1.93. The van der Waals surface area contributed by atoms with Gasteiger partial charge in [-0.15, -0.1) is 0 Å². The van der Waals surface area contributed by atoms with E-state index in [1.54, 1.807) is 6.07 Å². The minimum Gasteiger partial charge on any atom is -0.325 e. The van der Waals surface area contributed by atoms with Crippen LogP contribution in [0.3, 0.4) is 0 Å². The van der Waals surface area contributed by atoms with Crippen LogP contribution in [0.25, 0.3) is 0 Å². The smallest absolute Gasteiger partial charge is 0.227 e. The van der Waals surface area contributed by atoms with Crippen LogP contribution in [0.15, 0.2) is 16.6 Å². The first-order valence-electron chi connectivity index (χ1n) is 5.70. The highest BCUT2D eigenvalue weighted by Gasteiger charge is 2.34. The van der Waals surface area contributed by atoms with E-state index in [1.165, 1.54) is 0 Å². The largest absolute Gasteiger partial charge is 0.325 e. The number of hydrogen-bond donors (Lipinski definition) is 2. The topological polar surface area (TPSA) is 68.0 Å². The lowest BCUT2D eigenvalue weighted by molar-refractivity contribution is -0.118. The summed E-state index contributed by atoms with van der Waals surface area (Å²) in [5.74, 6) is 0.528. The third-order valence-electron chi connectivity index (χ3n) is 3.15. The number of pyridine rings is 1. The molecule has 0 atom stereocenters. The van der Waals surface area contributed by atoms with Crippen LogP contribution in [0.2, 0.25) is 0 Å². The molecular formula is C12H16BrN3O. The molecular weight excluding hydrogens is 282 g/mol. The second kappa shape index (κ2) is 4.74. The summed E-state index contributed by atoms with van der Waals surface area (Å²) >= 11 is 3.37. The third kappa shape index (κ3) is 3.04. The van der Waals surface area contributed by atoms with Crippen LogP contribution >= 0.6 is 15.9 Å². The van der Waals surface area contributed by atoms with Crippen LogP contribution in [-0.4, -0.2) is 16.4 Å². The third-order valence-corrected chi connectivity index (χ3v) is 3.99. The number of hydrogen-bond acceptors (Lipinski definition) is 3. The summed E-state index contributed by atoms with van der Waals surface area (Å²) < 4.78 is 0.935. The molecule has 1 aromatic heterocycles. The average Bonchev–Trinajstić information content (AvgIpc) is 2.21. The molecule has 1 aromatic rings. The molecule has 5 heteroatoms. The standard InChI is InChI=1S/C12H16BrN3O/c1-8-9(13)3-4-10(15-8)16-11(17)7-12(14)5-2-6-12/h3-4H,2,5-7,14H2,1H3,(H,15,16,17). The normalized spacial score (nSPS) is 17.4. The first-order valence-corrected chi connectivity index (χ1v) is 6.50. The molecule has 0 aliphatic heterocycles. The molecule has 0 radical (unpaired) electrons. The monoisotopic (exact) mass is 297 g/mol. The zero-order chi connectivity index (χ0) is 12.5. The van der Waals surface area contributed by atoms with E-state index in [2.05, 4.69) is 26.2 Å². The fraction of sp³-hybridized carbons (Fsp3) is 0.500. The summed E-state index contributed by atoms with van der Waals surface area (Å²) in [5, 5.41) is 2.78. The van der Waals surface area contributed by atoms with Crippen molar-refractivity contribution in [3.63, 3.8) is 0 Å². The van der Waals surface area contributed by atoms with Gasteiger partial charge in [0.15, 0.2) is 0 Å². The highest BCUT2D eigenvalue weighted by Crippen LogP contribution is 2.32. The van der Waals surface area contributed by atoms with Gasteiger partial charge in [-0.05, 0) is 54.2 Å². The highest BCUT2D eigenvalue weighted by molar-refractivity contribution is 9.10. The van der Waals surface area contributed by atoms with Crippen molar-refractivity contribution in [1.82, 2.24) is 4.98 Å². The molecule has 2 rings (SSSR count). The zero-order valence-corrected chi connectivity index (χ0v) is 11.4. The second-order valence-corrected chi connectivity index (χ2v) is 5.56. The molecule has 0 bridgehead atoms. The second-order valence-electron chi connectivity index (χ2n) is 4.70. The molecule has 1 fully saturated rings. The number of amides is 1. The number of nitrogens with one attached hydrogen (secondary N) is 1. The van der Waals surface area contributed by atoms with Crippen LogP contribution in [0.1, 0.15) is 31.4 Å². The molecule has 17 heavy (non-hydrogen) atoms. The number of anilines is 1. The number of carbonyl (C=O) groups is 1. The summed E-state index contributed by atoms with van der Waals surface area (Å²) in [6.45, 7) is 1.89. The molecule has 1 aliphatic rings. The van der Waals surface area contributed by atoms with Gasteiger partial charge in [-0.1, -0.05) is 0 Å². The molecule has 3 N–H and O–H groups in total. The molecule has 0 saturated heterocycles. The van der Waals surface area contributed by atoms with Gasteiger partial charge in [-0.2, -0.15) is 0 Å². The average molecular weight is 298 g/mol. The molecule has 4 nitrogen and oxygen atoms in total. The SMILES string of the molecule is Cc1nc(NC(=O)CC2(N)CCC2)ccc1Br. The Morgan fingerprint density at radius 2 is 2.29 bits per heavy atom. The molecule has 1 aliphatic carbocycles.